The highest BCUT2D eigenvalue weighted by Crippen LogP contribution is 2.38. The molecule has 1 heterocycles. The predicted molar refractivity (Wildman–Crippen MR) is 106 cm³/mol. The van der Waals surface area contributed by atoms with Gasteiger partial charge in [-0.3, -0.25) is 10.6 Å². The molecule has 5 nitrogen and oxygen atoms in total. The second kappa shape index (κ2) is 7.86. The van der Waals surface area contributed by atoms with E-state index in [1.807, 2.05) is 30.3 Å². The maximum atomic E-state index is 12.1. The fraction of sp³-hybridized carbons (Fsp3) is 0.0556. The number of pyridine rings is 1. The summed E-state index contributed by atoms with van der Waals surface area (Å²) in [5.74, 6) is 6.59. The fourth-order valence-corrected chi connectivity index (χ4v) is 3.68. The molecule has 7 heteroatoms. The summed E-state index contributed by atoms with van der Waals surface area (Å²) in [7, 11) is 0. The average molecular weight is 465 g/mol. The molecule has 25 heavy (non-hydrogen) atoms. The molecular weight excluding hydrogens is 450 g/mol. The molecule has 0 aliphatic rings. The Morgan fingerprint density at radius 3 is 2.36 bits per heavy atom. The second-order valence-electron chi connectivity index (χ2n) is 5.33. The third kappa shape index (κ3) is 4.31. The van der Waals surface area contributed by atoms with Gasteiger partial charge in [-0.05, 0) is 55.6 Å². The molecule has 0 unspecified atom stereocenters. The van der Waals surface area contributed by atoms with E-state index < -0.39 is 0 Å². The smallest absolute Gasteiger partial charge is 0.251 e. The van der Waals surface area contributed by atoms with Gasteiger partial charge in [0.15, 0.2) is 5.75 Å². The van der Waals surface area contributed by atoms with Crippen LogP contribution in [0.1, 0.15) is 5.56 Å². The zero-order valence-corrected chi connectivity index (χ0v) is 16.2. The highest BCUT2D eigenvalue weighted by Gasteiger charge is 2.11. The molecule has 0 atom stereocenters. The van der Waals surface area contributed by atoms with E-state index >= 15 is 0 Å². The first kappa shape index (κ1) is 17.7. The van der Waals surface area contributed by atoms with Crippen LogP contribution in [0.3, 0.4) is 0 Å². The summed E-state index contributed by atoms with van der Waals surface area (Å²) in [6, 6.07) is 16.6. The summed E-state index contributed by atoms with van der Waals surface area (Å²) in [6.07, 6.45) is 1.70. The third-order valence-corrected chi connectivity index (χ3v) is 4.72. The number of nitrogens with zero attached hydrogens (tertiary/aromatic N) is 1. The third-order valence-electron chi connectivity index (χ3n) is 3.54. The maximum absolute atomic E-state index is 12.1. The molecule has 0 bridgehead atoms. The van der Waals surface area contributed by atoms with Crippen molar-refractivity contribution in [1.82, 2.24) is 4.57 Å². The minimum absolute atomic E-state index is 0.0861. The number of nitrogens with two attached hydrogens (primary N) is 1. The van der Waals surface area contributed by atoms with E-state index in [4.69, 9.17) is 10.6 Å². The molecule has 128 valence electrons. The zero-order chi connectivity index (χ0) is 17.8. The molecule has 0 saturated carbocycles. The fourth-order valence-electron chi connectivity index (χ4n) is 2.33. The summed E-state index contributed by atoms with van der Waals surface area (Å²) in [6.45, 7) is 0.481. The van der Waals surface area contributed by atoms with Crippen molar-refractivity contribution in [3.05, 3.63) is 85.7 Å². The number of benzene rings is 2. The van der Waals surface area contributed by atoms with Crippen molar-refractivity contribution < 1.29 is 4.74 Å². The molecule has 0 radical (unpaired) electrons. The Hall–Kier alpha value is -2.09. The Kier molecular flexibility index (Phi) is 5.57. The van der Waals surface area contributed by atoms with Crippen molar-refractivity contribution in [2.75, 3.05) is 5.43 Å². The van der Waals surface area contributed by atoms with E-state index in [2.05, 4.69) is 37.3 Å². The molecule has 0 fully saturated rings. The Morgan fingerprint density at radius 2 is 1.72 bits per heavy atom. The van der Waals surface area contributed by atoms with Gasteiger partial charge in [-0.1, -0.05) is 30.3 Å². The van der Waals surface area contributed by atoms with E-state index in [-0.39, 0.29) is 5.56 Å². The topological polar surface area (TPSA) is 69.3 Å². The number of hydrogen-bond acceptors (Lipinski definition) is 4. The van der Waals surface area contributed by atoms with Gasteiger partial charge in [0.25, 0.3) is 5.56 Å². The summed E-state index contributed by atoms with van der Waals surface area (Å²) in [4.78, 5) is 12.1. The largest absolute Gasteiger partial charge is 0.453 e. The van der Waals surface area contributed by atoms with E-state index in [0.717, 1.165) is 20.2 Å². The van der Waals surface area contributed by atoms with Gasteiger partial charge < -0.3 is 14.7 Å². The number of hydrazine groups is 1. The first-order valence-corrected chi connectivity index (χ1v) is 9.03. The number of anilines is 1. The Labute approximate surface area is 161 Å². The van der Waals surface area contributed by atoms with Crippen molar-refractivity contribution in [3.8, 4) is 11.5 Å². The zero-order valence-electron chi connectivity index (χ0n) is 13.1. The molecule has 0 aliphatic heterocycles. The number of ether oxygens (including phenoxy) is 1. The van der Waals surface area contributed by atoms with Crippen LogP contribution in [0, 0.1) is 0 Å². The number of nitrogens with one attached hydrogen (secondary N) is 1. The van der Waals surface area contributed by atoms with Crippen LogP contribution in [0.4, 0.5) is 5.69 Å². The van der Waals surface area contributed by atoms with Crippen molar-refractivity contribution in [2.24, 2.45) is 5.84 Å². The number of nitrogen functional groups attached to an aromatic ring is 1. The standard InChI is InChI=1S/C18H15Br2N3O2/c19-15-8-13(22-21)9-16(20)18(15)25-14-6-7-17(24)23(11-14)10-12-4-2-1-3-5-12/h1-9,11,22H,10,21H2. The van der Waals surface area contributed by atoms with Crippen LogP contribution < -0.4 is 21.6 Å². The van der Waals surface area contributed by atoms with Gasteiger partial charge in [0.1, 0.15) is 5.75 Å². The summed E-state index contributed by atoms with van der Waals surface area (Å²) < 4.78 is 9.03. The number of rotatable bonds is 5. The molecule has 0 amide bonds. The Balaban J connectivity index is 1.89. The van der Waals surface area contributed by atoms with Crippen LogP contribution in [-0.4, -0.2) is 4.57 Å². The quantitative estimate of drug-likeness (QED) is 0.430. The van der Waals surface area contributed by atoms with E-state index in [0.29, 0.717) is 18.0 Å². The van der Waals surface area contributed by atoms with Crippen molar-refractivity contribution in [1.29, 1.82) is 0 Å². The molecule has 0 aliphatic carbocycles. The molecular formula is C18H15Br2N3O2. The van der Waals surface area contributed by atoms with Gasteiger partial charge in [-0.15, -0.1) is 0 Å². The van der Waals surface area contributed by atoms with Gasteiger partial charge in [0, 0.05) is 6.07 Å². The lowest BCUT2D eigenvalue weighted by atomic mass is 10.2. The van der Waals surface area contributed by atoms with Crippen LogP contribution >= 0.6 is 31.9 Å². The first-order chi connectivity index (χ1) is 12.1. The van der Waals surface area contributed by atoms with E-state index in [1.54, 1.807) is 29.0 Å². The van der Waals surface area contributed by atoms with Gasteiger partial charge in [0.05, 0.1) is 27.4 Å². The SMILES string of the molecule is NNc1cc(Br)c(Oc2ccc(=O)n(Cc3ccccc3)c2)c(Br)c1. The summed E-state index contributed by atoms with van der Waals surface area (Å²) in [5.41, 5.74) is 4.28. The Bertz CT molecular complexity index is 920. The molecule has 3 aromatic rings. The molecule has 3 rings (SSSR count). The highest BCUT2D eigenvalue weighted by atomic mass is 79.9. The minimum Gasteiger partial charge on any atom is -0.453 e. The molecule has 0 spiro atoms. The second-order valence-corrected chi connectivity index (χ2v) is 7.04. The van der Waals surface area contributed by atoms with Gasteiger partial charge in [-0.25, -0.2) is 0 Å². The van der Waals surface area contributed by atoms with Crippen LogP contribution in [0.2, 0.25) is 0 Å². The number of aromatic nitrogens is 1. The summed E-state index contributed by atoms with van der Waals surface area (Å²) in [5, 5.41) is 0. The average Bonchev–Trinajstić information content (AvgIpc) is 2.61. The van der Waals surface area contributed by atoms with Crippen molar-refractivity contribution in [2.45, 2.75) is 6.54 Å². The van der Waals surface area contributed by atoms with Crippen LogP contribution in [-0.2, 0) is 6.54 Å². The molecule has 2 aromatic carbocycles. The lowest BCUT2D eigenvalue weighted by Crippen LogP contribution is -2.18. The van der Waals surface area contributed by atoms with E-state index in [1.165, 1.54) is 6.07 Å². The molecule has 1 aromatic heterocycles. The van der Waals surface area contributed by atoms with Crippen LogP contribution in [0.25, 0.3) is 0 Å². The van der Waals surface area contributed by atoms with Gasteiger partial charge >= 0.3 is 0 Å². The van der Waals surface area contributed by atoms with E-state index in [9.17, 15) is 4.79 Å². The van der Waals surface area contributed by atoms with Gasteiger partial charge in [-0.2, -0.15) is 0 Å². The monoisotopic (exact) mass is 463 g/mol. The number of halogens is 2. The first-order valence-electron chi connectivity index (χ1n) is 7.45. The number of hydrogen-bond donors (Lipinski definition) is 2. The molecule has 3 N–H and O–H groups in total. The molecule has 0 saturated heterocycles. The van der Waals surface area contributed by atoms with Crippen LogP contribution in [0.15, 0.2) is 74.5 Å². The maximum Gasteiger partial charge on any atom is 0.251 e. The highest BCUT2D eigenvalue weighted by molar-refractivity contribution is 9.11. The van der Waals surface area contributed by atoms with Crippen molar-refractivity contribution in [3.63, 3.8) is 0 Å². The van der Waals surface area contributed by atoms with Crippen molar-refractivity contribution >= 4 is 37.5 Å². The lowest BCUT2D eigenvalue weighted by molar-refractivity contribution is 0.468. The lowest BCUT2D eigenvalue weighted by Gasteiger charge is -2.13. The Morgan fingerprint density at radius 1 is 1.04 bits per heavy atom. The minimum atomic E-state index is -0.0861. The summed E-state index contributed by atoms with van der Waals surface area (Å²) >= 11 is 6.93. The normalized spacial score (nSPS) is 10.5. The predicted octanol–water partition coefficient (Wildman–Crippen LogP) is 4.50. The van der Waals surface area contributed by atoms with Gasteiger partial charge in [0.2, 0.25) is 0 Å². The van der Waals surface area contributed by atoms with Crippen LogP contribution in [0.5, 0.6) is 11.5 Å².